The van der Waals surface area contributed by atoms with Crippen LogP contribution in [0.2, 0.25) is 0 Å². The number of rotatable bonds is 2. The molecule has 0 bridgehead atoms. The van der Waals surface area contributed by atoms with Gasteiger partial charge in [-0.3, -0.25) is 0 Å². The van der Waals surface area contributed by atoms with E-state index in [4.69, 9.17) is 5.11 Å². The van der Waals surface area contributed by atoms with Crippen LogP contribution in [-0.2, 0) is 6.54 Å². The number of hydrogen-bond donors (Lipinski definition) is 1. The van der Waals surface area contributed by atoms with Crippen molar-refractivity contribution in [3.63, 3.8) is 0 Å². The van der Waals surface area contributed by atoms with E-state index in [0.29, 0.717) is 6.54 Å². The van der Waals surface area contributed by atoms with Gasteiger partial charge in [0.2, 0.25) is 5.52 Å². The monoisotopic (exact) mass is 335 g/mol. The summed E-state index contributed by atoms with van der Waals surface area (Å²) in [5.41, 5.74) is 2.10. The smallest absolute Gasteiger partial charge is 0.213 e. The highest BCUT2D eigenvalue weighted by Gasteiger charge is 2.13. The van der Waals surface area contributed by atoms with Crippen LogP contribution in [0.3, 0.4) is 0 Å². The van der Waals surface area contributed by atoms with Crippen molar-refractivity contribution >= 4 is 21.7 Å². The summed E-state index contributed by atoms with van der Waals surface area (Å²) in [6, 6.07) is 10.9. The molecule has 3 aromatic rings. The van der Waals surface area contributed by atoms with E-state index in [-0.39, 0.29) is 29.4 Å². The predicted molar refractivity (Wildman–Crippen MR) is 73.4 cm³/mol. The average Bonchev–Trinajstić information content (AvgIpc) is 2.38. The molecular formula is C16H15BrFNO. The van der Waals surface area contributed by atoms with Crippen molar-refractivity contribution in [1.82, 2.24) is 0 Å². The second kappa shape index (κ2) is 5.85. The number of aromatic nitrogens is 1. The van der Waals surface area contributed by atoms with E-state index in [1.807, 2.05) is 29.8 Å². The highest BCUT2D eigenvalue weighted by molar-refractivity contribution is 6.03. The number of pyridine rings is 1. The molecule has 0 aliphatic carbocycles. The second-order valence-corrected chi connectivity index (χ2v) is 4.80. The first-order valence-corrected chi connectivity index (χ1v) is 6.32. The van der Waals surface area contributed by atoms with Crippen molar-refractivity contribution in [3.8, 4) is 0 Å². The van der Waals surface area contributed by atoms with E-state index in [2.05, 4.69) is 6.07 Å². The maximum atomic E-state index is 13.5. The molecular weight excluding hydrogens is 321 g/mol. The van der Waals surface area contributed by atoms with E-state index < -0.39 is 0 Å². The van der Waals surface area contributed by atoms with Crippen LogP contribution >= 0.6 is 0 Å². The molecule has 20 heavy (non-hydrogen) atoms. The lowest BCUT2D eigenvalue weighted by Crippen LogP contribution is -3.00. The van der Waals surface area contributed by atoms with Gasteiger partial charge in [0.1, 0.15) is 12.4 Å². The van der Waals surface area contributed by atoms with Gasteiger partial charge in [-0.2, -0.15) is 4.57 Å². The van der Waals surface area contributed by atoms with Gasteiger partial charge in [-0.15, -0.1) is 0 Å². The molecule has 0 aliphatic rings. The van der Waals surface area contributed by atoms with Crippen LogP contribution in [0.25, 0.3) is 21.7 Å². The Hall–Kier alpha value is -1.52. The number of hydrogen-bond acceptors (Lipinski definition) is 1. The first kappa shape index (κ1) is 14.9. The Labute approximate surface area is 127 Å². The van der Waals surface area contributed by atoms with Gasteiger partial charge in [0, 0.05) is 16.8 Å². The summed E-state index contributed by atoms with van der Waals surface area (Å²) in [5, 5.41) is 12.1. The summed E-state index contributed by atoms with van der Waals surface area (Å²) >= 11 is 0. The quantitative estimate of drug-likeness (QED) is 0.505. The standard InChI is InChI=1S/C16H15FNO.BrH/c1-11-2-4-14-12(8-11)10-18(6-7-19)16-5-3-13(17)9-15(14)16;/h2-5,8-10,19H,6-7H2,1H3;1H/q+1;/p-1. The van der Waals surface area contributed by atoms with Gasteiger partial charge in [-0.05, 0) is 25.1 Å². The summed E-state index contributed by atoms with van der Waals surface area (Å²) in [6.07, 6.45) is 2.01. The van der Waals surface area contributed by atoms with Crippen molar-refractivity contribution < 1.29 is 31.0 Å². The Balaban J connectivity index is 0.00000147. The van der Waals surface area contributed by atoms with Crippen LogP contribution in [0.1, 0.15) is 5.56 Å². The Bertz CT molecular complexity index is 773. The van der Waals surface area contributed by atoms with Crippen LogP contribution in [-0.4, -0.2) is 11.7 Å². The number of aliphatic hydroxyl groups is 1. The van der Waals surface area contributed by atoms with Crippen molar-refractivity contribution in [2.75, 3.05) is 6.61 Å². The minimum Gasteiger partial charge on any atom is -1.00 e. The largest absolute Gasteiger partial charge is 1.00 e. The van der Waals surface area contributed by atoms with Gasteiger partial charge >= 0.3 is 0 Å². The van der Waals surface area contributed by atoms with Gasteiger partial charge in [-0.1, -0.05) is 17.7 Å². The highest BCUT2D eigenvalue weighted by Crippen LogP contribution is 2.24. The Kier molecular flexibility index (Phi) is 4.35. The number of nitrogens with zero attached hydrogens (tertiary/aromatic N) is 1. The SMILES string of the molecule is Cc1ccc2c(c1)c[n+](CCO)c1ccc(F)cc21.[Br-]. The third-order valence-electron chi connectivity index (χ3n) is 3.40. The lowest BCUT2D eigenvalue weighted by molar-refractivity contribution is -0.671. The normalized spacial score (nSPS) is 10.8. The lowest BCUT2D eigenvalue weighted by Gasteiger charge is -2.05. The molecule has 1 aromatic heterocycles. The van der Waals surface area contributed by atoms with E-state index in [0.717, 1.165) is 21.7 Å². The molecule has 0 saturated heterocycles. The van der Waals surface area contributed by atoms with E-state index >= 15 is 0 Å². The van der Waals surface area contributed by atoms with Gasteiger partial charge in [0.25, 0.3) is 0 Å². The number of halogens is 2. The van der Waals surface area contributed by atoms with E-state index in [1.54, 1.807) is 12.1 Å². The fraction of sp³-hybridized carbons (Fsp3) is 0.188. The Morgan fingerprint density at radius 2 is 1.90 bits per heavy atom. The second-order valence-electron chi connectivity index (χ2n) is 4.80. The van der Waals surface area contributed by atoms with Crippen LogP contribution in [0.15, 0.2) is 42.6 Å². The molecule has 0 fully saturated rings. The van der Waals surface area contributed by atoms with E-state index in [1.165, 1.54) is 11.6 Å². The third-order valence-corrected chi connectivity index (χ3v) is 3.40. The topological polar surface area (TPSA) is 24.1 Å². The van der Waals surface area contributed by atoms with Gasteiger partial charge in [0.15, 0.2) is 12.7 Å². The fourth-order valence-corrected chi connectivity index (χ4v) is 2.54. The molecule has 0 spiro atoms. The van der Waals surface area contributed by atoms with Crippen molar-refractivity contribution in [2.24, 2.45) is 0 Å². The summed E-state index contributed by atoms with van der Waals surface area (Å²) in [7, 11) is 0. The zero-order valence-electron chi connectivity index (χ0n) is 11.1. The molecule has 0 atom stereocenters. The zero-order chi connectivity index (χ0) is 13.4. The number of aryl methyl sites for hydroxylation is 1. The maximum Gasteiger partial charge on any atom is 0.213 e. The van der Waals surface area contributed by atoms with Gasteiger partial charge < -0.3 is 22.1 Å². The summed E-state index contributed by atoms with van der Waals surface area (Å²) in [6.45, 7) is 2.60. The summed E-state index contributed by atoms with van der Waals surface area (Å²) in [5.74, 6) is -0.240. The maximum absolute atomic E-state index is 13.5. The molecule has 0 radical (unpaired) electrons. The minimum absolute atomic E-state index is 0. The van der Waals surface area contributed by atoms with Crippen molar-refractivity contribution in [1.29, 1.82) is 0 Å². The summed E-state index contributed by atoms with van der Waals surface area (Å²) in [4.78, 5) is 0. The fourth-order valence-electron chi connectivity index (χ4n) is 2.54. The molecule has 4 heteroatoms. The highest BCUT2D eigenvalue weighted by atomic mass is 79.9. The van der Waals surface area contributed by atoms with Gasteiger partial charge in [-0.25, -0.2) is 4.39 Å². The van der Waals surface area contributed by atoms with Crippen molar-refractivity contribution in [3.05, 3.63) is 54.0 Å². The molecule has 1 N–H and O–H groups in total. The molecule has 2 nitrogen and oxygen atoms in total. The molecule has 3 rings (SSSR count). The molecule has 0 amide bonds. The first-order chi connectivity index (χ1) is 9.19. The minimum atomic E-state index is -0.240. The Morgan fingerprint density at radius 3 is 2.65 bits per heavy atom. The van der Waals surface area contributed by atoms with Gasteiger partial charge in [0.05, 0.1) is 5.39 Å². The number of aliphatic hydroxyl groups excluding tert-OH is 1. The molecule has 0 aliphatic heterocycles. The van der Waals surface area contributed by atoms with Crippen LogP contribution in [0, 0.1) is 12.7 Å². The van der Waals surface area contributed by atoms with E-state index in [9.17, 15) is 4.39 Å². The number of benzene rings is 2. The molecule has 104 valence electrons. The lowest BCUT2D eigenvalue weighted by atomic mass is 10.0. The van der Waals surface area contributed by atoms with Crippen LogP contribution in [0.4, 0.5) is 4.39 Å². The Morgan fingerprint density at radius 1 is 1.10 bits per heavy atom. The zero-order valence-corrected chi connectivity index (χ0v) is 12.7. The third kappa shape index (κ3) is 2.53. The molecule has 0 saturated carbocycles. The van der Waals surface area contributed by atoms with Crippen LogP contribution < -0.4 is 21.5 Å². The molecule has 2 aromatic carbocycles. The van der Waals surface area contributed by atoms with Crippen molar-refractivity contribution in [2.45, 2.75) is 13.5 Å². The number of fused-ring (bicyclic) bond motifs is 3. The molecule has 0 unspecified atom stereocenters. The first-order valence-electron chi connectivity index (χ1n) is 6.32. The average molecular weight is 336 g/mol. The summed E-state index contributed by atoms with van der Waals surface area (Å²) < 4.78 is 15.5. The molecule has 1 heterocycles. The van der Waals surface area contributed by atoms with Crippen LogP contribution in [0.5, 0.6) is 0 Å². The predicted octanol–water partition coefficient (Wildman–Crippen LogP) is -0.276.